The monoisotopic (exact) mass is 350 g/mol. The van der Waals surface area contributed by atoms with Crippen molar-refractivity contribution in [3.63, 3.8) is 0 Å². The summed E-state index contributed by atoms with van der Waals surface area (Å²) in [7, 11) is 1.69. The van der Waals surface area contributed by atoms with Gasteiger partial charge in [-0.25, -0.2) is 0 Å². The molecule has 0 saturated carbocycles. The fraction of sp³-hybridized carbons (Fsp3) is 0.312. The molecule has 0 aliphatic carbocycles. The molecule has 21 heavy (non-hydrogen) atoms. The van der Waals surface area contributed by atoms with Gasteiger partial charge in [-0.15, -0.1) is 0 Å². The van der Waals surface area contributed by atoms with Crippen molar-refractivity contribution in [2.75, 3.05) is 20.3 Å². The Labute approximate surface area is 133 Å². The summed E-state index contributed by atoms with van der Waals surface area (Å²) in [5, 5.41) is 3.32. The van der Waals surface area contributed by atoms with Gasteiger partial charge in [-0.1, -0.05) is 22.0 Å². The number of pyridine rings is 1. The average Bonchev–Trinajstić information content (AvgIpc) is 2.48. The Kier molecular flexibility index (Phi) is 6.17. The normalized spacial score (nSPS) is 10.6. The lowest BCUT2D eigenvalue weighted by molar-refractivity contribution is 0.199. The molecule has 112 valence electrons. The number of nitrogens with one attached hydrogen (secondary N) is 1. The predicted octanol–water partition coefficient (Wildman–Crippen LogP) is 3.68. The van der Waals surface area contributed by atoms with E-state index >= 15 is 0 Å². The Balaban J connectivity index is 2.09. The van der Waals surface area contributed by atoms with Gasteiger partial charge in [0.15, 0.2) is 0 Å². The molecule has 1 aromatic heterocycles. The van der Waals surface area contributed by atoms with E-state index < -0.39 is 0 Å². The van der Waals surface area contributed by atoms with E-state index in [9.17, 15) is 0 Å². The van der Waals surface area contributed by atoms with Crippen molar-refractivity contribution in [3.05, 3.63) is 52.3 Å². The van der Waals surface area contributed by atoms with Gasteiger partial charge in [0.05, 0.1) is 12.8 Å². The molecule has 0 bridgehead atoms. The second kappa shape index (κ2) is 8.12. The molecular weight excluding hydrogens is 332 g/mol. The van der Waals surface area contributed by atoms with E-state index in [1.54, 1.807) is 13.3 Å². The number of methoxy groups -OCH3 is 1. The first-order valence-electron chi connectivity index (χ1n) is 6.77. The average molecular weight is 351 g/mol. The van der Waals surface area contributed by atoms with Crippen molar-refractivity contribution in [3.8, 4) is 11.5 Å². The van der Waals surface area contributed by atoms with Crippen LogP contribution in [0.2, 0.25) is 0 Å². The molecule has 0 aliphatic heterocycles. The molecule has 1 heterocycles. The number of halogens is 1. The van der Waals surface area contributed by atoms with Gasteiger partial charge in [-0.2, -0.15) is 0 Å². The first-order chi connectivity index (χ1) is 10.2. The van der Waals surface area contributed by atoms with Crippen LogP contribution in [0.25, 0.3) is 0 Å². The van der Waals surface area contributed by atoms with Crippen LogP contribution in [0.4, 0.5) is 0 Å². The van der Waals surface area contributed by atoms with Crippen LogP contribution in [0, 0.1) is 6.92 Å². The molecule has 0 unspecified atom stereocenters. The maximum Gasteiger partial charge on any atom is 0.145 e. The molecular formula is C16H19BrN2O2. The van der Waals surface area contributed by atoms with E-state index in [1.807, 2.05) is 37.3 Å². The molecule has 0 amide bonds. The van der Waals surface area contributed by atoms with E-state index in [1.165, 1.54) is 0 Å². The number of aryl methyl sites for hydroxylation is 1. The topological polar surface area (TPSA) is 43.4 Å². The van der Waals surface area contributed by atoms with E-state index in [0.717, 1.165) is 40.3 Å². The lowest BCUT2D eigenvalue weighted by Crippen LogP contribution is -2.18. The van der Waals surface area contributed by atoms with Crippen LogP contribution in [0.5, 0.6) is 11.5 Å². The van der Waals surface area contributed by atoms with Crippen molar-refractivity contribution >= 4 is 15.9 Å². The third kappa shape index (κ3) is 5.12. The number of hydrogen-bond donors (Lipinski definition) is 1. The molecule has 0 atom stereocenters. The molecule has 2 rings (SSSR count). The summed E-state index contributed by atoms with van der Waals surface area (Å²) in [5.74, 6) is 1.55. The van der Waals surface area contributed by atoms with Crippen LogP contribution >= 0.6 is 15.9 Å². The zero-order chi connectivity index (χ0) is 15.1. The maximum atomic E-state index is 5.94. The second-order valence-corrected chi connectivity index (χ2v) is 5.57. The number of hydrogen-bond acceptors (Lipinski definition) is 4. The second-order valence-electron chi connectivity index (χ2n) is 4.66. The summed E-state index contributed by atoms with van der Waals surface area (Å²) in [6.07, 6.45) is 1.73. The molecule has 5 heteroatoms. The molecule has 0 fully saturated rings. The van der Waals surface area contributed by atoms with Gasteiger partial charge in [-0.3, -0.25) is 4.98 Å². The molecule has 0 aliphatic rings. The number of benzene rings is 1. The SMILES string of the molecule is COCCNCc1ccc(Br)cc1Oc1ccc(C)nc1. The summed E-state index contributed by atoms with van der Waals surface area (Å²) < 4.78 is 11.9. The highest BCUT2D eigenvalue weighted by Crippen LogP contribution is 2.28. The third-order valence-electron chi connectivity index (χ3n) is 2.94. The quantitative estimate of drug-likeness (QED) is 0.773. The summed E-state index contributed by atoms with van der Waals surface area (Å²) >= 11 is 3.48. The minimum absolute atomic E-state index is 0.689. The summed E-state index contributed by atoms with van der Waals surface area (Å²) in [4.78, 5) is 4.25. The van der Waals surface area contributed by atoms with Crippen LogP contribution in [-0.2, 0) is 11.3 Å². The van der Waals surface area contributed by atoms with Crippen LogP contribution in [0.3, 0.4) is 0 Å². The Morgan fingerprint density at radius 3 is 2.81 bits per heavy atom. The van der Waals surface area contributed by atoms with E-state index in [-0.39, 0.29) is 0 Å². The summed E-state index contributed by atoms with van der Waals surface area (Å²) in [5.41, 5.74) is 2.06. The first-order valence-corrected chi connectivity index (χ1v) is 7.57. The van der Waals surface area contributed by atoms with Crippen molar-refractivity contribution in [2.24, 2.45) is 0 Å². The Morgan fingerprint density at radius 2 is 2.10 bits per heavy atom. The Hall–Kier alpha value is -1.43. The minimum atomic E-state index is 0.689. The van der Waals surface area contributed by atoms with Gasteiger partial charge in [-0.05, 0) is 31.2 Å². The van der Waals surface area contributed by atoms with Gasteiger partial charge in [0.25, 0.3) is 0 Å². The molecule has 0 saturated heterocycles. The largest absolute Gasteiger partial charge is 0.455 e. The van der Waals surface area contributed by atoms with Crippen LogP contribution in [-0.4, -0.2) is 25.2 Å². The highest BCUT2D eigenvalue weighted by molar-refractivity contribution is 9.10. The Morgan fingerprint density at radius 1 is 1.24 bits per heavy atom. The van der Waals surface area contributed by atoms with Crippen LogP contribution < -0.4 is 10.1 Å². The van der Waals surface area contributed by atoms with Crippen molar-refractivity contribution in [2.45, 2.75) is 13.5 Å². The fourth-order valence-corrected chi connectivity index (χ4v) is 2.15. The number of aromatic nitrogens is 1. The number of ether oxygens (including phenoxy) is 2. The van der Waals surface area contributed by atoms with Crippen molar-refractivity contribution in [1.29, 1.82) is 0 Å². The fourth-order valence-electron chi connectivity index (χ4n) is 1.81. The molecule has 0 spiro atoms. The molecule has 0 radical (unpaired) electrons. The highest BCUT2D eigenvalue weighted by atomic mass is 79.9. The van der Waals surface area contributed by atoms with E-state index in [4.69, 9.17) is 9.47 Å². The highest BCUT2D eigenvalue weighted by Gasteiger charge is 2.06. The van der Waals surface area contributed by atoms with Gasteiger partial charge < -0.3 is 14.8 Å². The van der Waals surface area contributed by atoms with E-state index in [0.29, 0.717) is 6.61 Å². The molecule has 4 nitrogen and oxygen atoms in total. The standard InChI is InChI=1S/C16H19BrN2O2/c1-12-3-6-15(11-19-12)21-16-9-14(17)5-4-13(16)10-18-7-8-20-2/h3-6,9,11,18H,7-8,10H2,1-2H3. The van der Waals surface area contributed by atoms with Crippen LogP contribution in [0.1, 0.15) is 11.3 Å². The van der Waals surface area contributed by atoms with Gasteiger partial charge in [0, 0.05) is 35.9 Å². The third-order valence-corrected chi connectivity index (χ3v) is 3.43. The first kappa shape index (κ1) is 15.9. The maximum absolute atomic E-state index is 5.94. The summed E-state index contributed by atoms with van der Waals surface area (Å²) in [6.45, 7) is 4.17. The van der Waals surface area contributed by atoms with Crippen molar-refractivity contribution < 1.29 is 9.47 Å². The van der Waals surface area contributed by atoms with Crippen LogP contribution in [0.15, 0.2) is 41.0 Å². The molecule has 1 N–H and O–H groups in total. The Bertz CT molecular complexity index is 573. The van der Waals surface area contributed by atoms with E-state index in [2.05, 4.69) is 26.2 Å². The van der Waals surface area contributed by atoms with Crippen molar-refractivity contribution in [1.82, 2.24) is 10.3 Å². The van der Waals surface area contributed by atoms with Gasteiger partial charge in [0.1, 0.15) is 11.5 Å². The molecule has 1 aromatic carbocycles. The van der Waals surface area contributed by atoms with Gasteiger partial charge in [0.2, 0.25) is 0 Å². The number of nitrogens with zero attached hydrogens (tertiary/aromatic N) is 1. The lowest BCUT2D eigenvalue weighted by Gasteiger charge is -2.12. The van der Waals surface area contributed by atoms with Gasteiger partial charge >= 0.3 is 0 Å². The zero-order valence-electron chi connectivity index (χ0n) is 12.2. The number of rotatable bonds is 7. The minimum Gasteiger partial charge on any atom is -0.455 e. The molecule has 2 aromatic rings. The zero-order valence-corrected chi connectivity index (χ0v) is 13.8. The predicted molar refractivity (Wildman–Crippen MR) is 86.8 cm³/mol. The summed E-state index contributed by atoms with van der Waals surface area (Å²) in [6, 6.07) is 9.87. The smallest absolute Gasteiger partial charge is 0.145 e. The lowest BCUT2D eigenvalue weighted by atomic mass is 10.2.